The third-order valence-electron chi connectivity index (χ3n) is 8.52. The van der Waals surface area contributed by atoms with Gasteiger partial charge in [-0.25, -0.2) is 9.59 Å². The standard InChI is InChI=1S/C29H35NO11/c1-14(2)37-26(34)23(38-15(3)32)24(39-16(4)33)27(35)40-19-8-9-29(36)20-12-17-6-7-18(13-31)22-21(17)28(29,25(19)41-22)10-11-30(20)5/h6-8,14,20,23-25,31,36H,9-13H2,1-5H3/t20-,23-,24-,25?,28?,29-/m1/s1. The van der Waals surface area contributed by atoms with Gasteiger partial charge in [0.2, 0.25) is 12.2 Å². The van der Waals surface area contributed by atoms with E-state index in [1.165, 1.54) is 0 Å². The number of aliphatic hydroxyl groups is 2. The number of ether oxygens (including phenoxy) is 5. The number of piperidine rings is 1. The molecule has 1 saturated heterocycles. The van der Waals surface area contributed by atoms with Gasteiger partial charge in [-0.05, 0) is 51.9 Å². The summed E-state index contributed by atoms with van der Waals surface area (Å²) < 4.78 is 27.6. The van der Waals surface area contributed by atoms with Gasteiger partial charge in [-0.3, -0.25) is 9.59 Å². The fraction of sp³-hybridized carbons (Fsp3) is 0.586. The Morgan fingerprint density at radius 1 is 1.07 bits per heavy atom. The summed E-state index contributed by atoms with van der Waals surface area (Å²) in [5, 5.41) is 22.4. The highest BCUT2D eigenvalue weighted by atomic mass is 16.6. The highest BCUT2D eigenvalue weighted by Crippen LogP contribution is 2.64. The van der Waals surface area contributed by atoms with E-state index in [-0.39, 0.29) is 24.8 Å². The van der Waals surface area contributed by atoms with Crippen molar-refractivity contribution in [2.75, 3.05) is 13.6 Å². The van der Waals surface area contributed by atoms with Gasteiger partial charge >= 0.3 is 23.9 Å². The summed E-state index contributed by atoms with van der Waals surface area (Å²) in [4.78, 5) is 52.3. The molecule has 6 atom stereocenters. The van der Waals surface area contributed by atoms with Gasteiger partial charge in [0.1, 0.15) is 11.5 Å². The van der Waals surface area contributed by atoms with Crippen molar-refractivity contribution in [3.05, 3.63) is 40.7 Å². The van der Waals surface area contributed by atoms with Crippen molar-refractivity contribution in [1.82, 2.24) is 4.90 Å². The normalized spacial score (nSPS) is 28.9. The Bertz CT molecular complexity index is 1320. The lowest BCUT2D eigenvalue weighted by molar-refractivity contribution is -0.193. The highest BCUT2D eigenvalue weighted by molar-refractivity contribution is 5.89. The molecule has 0 saturated carbocycles. The lowest BCUT2D eigenvalue weighted by atomic mass is 9.50. The number of rotatable bonds is 8. The van der Waals surface area contributed by atoms with Gasteiger partial charge in [0.25, 0.3) is 0 Å². The van der Waals surface area contributed by atoms with Crippen LogP contribution in [0.25, 0.3) is 0 Å². The van der Waals surface area contributed by atoms with Crippen molar-refractivity contribution >= 4 is 23.9 Å². The second-order valence-corrected chi connectivity index (χ2v) is 11.4. The van der Waals surface area contributed by atoms with Crippen LogP contribution in [0.4, 0.5) is 0 Å². The van der Waals surface area contributed by atoms with Crippen LogP contribution >= 0.6 is 0 Å². The second kappa shape index (κ2) is 10.4. The molecule has 1 spiro atoms. The molecule has 12 nitrogen and oxygen atoms in total. The van der Waals surface area contributed by atoms with E-state index in [1.54, 1.807) is 26.0 Å². The number of likely N-dealkylation sites (N-methyl/N-ethyl adjacent to an activating group) is 1. The van der Waals surface area contributed by atoms with E-state index in [4.69, 9.17) is 23.7 Å². The third kappa shape index (κ3) is 4.48. The first-order valence-corrected chi connectivity index (χ1v) is 13.7. The molecule has 0 radical (unpaired) electrons. The lowest BCUT2D eigenvalue weighted by Crippen LogP contribution is -2.74. The number of hydrogen-bond donors (Lipinski definition) is 2. The molecule has 41 heavy (non-hydrogen) atoms. The minimum atomic E-state index is -1.97. The van der Waals surface area contributed by atoms with Gasteiger partial charge in [0.15, 0.2) is 6.10 Å². The van der Waals surface area contributed by atoms with Crippen LogP contribution < -0.4 is 4.74 Å². The predicted molar refractivity (Wildman–Crippen MR) is 139 cm³/mol. The molecule has 2 N–H and O–H groups in total. The fourth-order valence-corrected chi connectivity index (χ4v) is 6.93. The molecular formula is C29H35NO11. The smallest absolute Gasteiger partial charge is 0.357 e. The molecule has 1 aromatic rings. The lowest BCUT2D eigenvalue weighted by Gasteiger charge is -2.61. The number of carbonyl (C=O) groups excluding carboxylic acids is 4. The zero-order chi connectivity index (χ0) is 29.9. The van der Waals surface area contributed by atoms with Crippen molar-refractivity contribution in [1.29, 1.82) is 0 Å². The maximum absolute atomic E-state index is 13.6. The number of likely N-dealkylation sites (tertiary alicyclic amines) is 1. The molecule has 5 rings (SSSR count). The maximum Gasteiger partial charge on any atom is 0.357 e. The molecule has 0 amide bonds. The summed E-state index contributed by atoms with van der Waals surface area (Å²) in [5.74, 6) is -3.57. The molecule has 2 aliphatic carbocycles. The average Bonchev–Trinajstić information content (AvgIpc) is 3.25. The summed E-state index contributed by atoms with van der Waals surface area (Å²) in [6.07, 6.45) is -2.68. The zero-order valence-electron chi connectivity index (χ0n) is 23.7. The van der Waals surface area contributed by atoms with Crippen LogP contribution in [0.15, 0.2) is 24.0 Å². The number of carbonyl (C=O) groups is 4. The van der Waals surface area contributed by atoms with Gasteiger partial charge in [-0.15, -0.1) is 0 Å². The van der Waals surface area contributed by atoms with Crippen LogP contribution in [0, 0.1) is 0 Å². The van der Waals surface area contributed by atoms with Crippen molar-refractivity contribution in [3.63, 3.8) is 0 Å². The third-order valence-corrected chi connectivity index (χ3v) is 8.52. The summed E-state index contributed by atoms with van der Waals surface area (Å²) in [5.41, 5.74) is 0.0895. The predicted octanol–water partition coefficient (Wildman–Crippen LogP) is 0.815. The average molecular weight is 574 g/mol. The quantitative estimate of drug-likeness (QED) is 0.334. The van der Waals surface area contributed by atoms with Gasteiger partial charge in [0, 0.05) is 37.4 Å². The summed E-state index contributed by atoms with van der Waals surface area (Å²) >= 11 is 0. The van der Waals surface area contributed by atoms with E-state index >= 15 is 0 Å². The Balaban J connectivity index is 1.54. The van der Waals surface area contributed by atoms with E-state index in [0.717, 1.165) is 25.0 Å². The first-order valence-electron chi connectivity index (χ1n) is 13.7. The van der Waals surface area contributed by atoms with Crippen molar-refractivity contribution in [3.8, 4) is 5.75 Å². The molecule has 2 heterocycles. The number of aliphatic hydroxyl groups excluding tert-OH is 1. The monoisotopic (exact) mass is 573 g/mol. The minimum Gasteiger partial charge on any atom is -0.481 e. The van der Waals surface area contributed by atoms with Crippen LogP contribution in [-0.4, -0.2) is 88.6 Å². The van der Waals surface area contributed by atoms with Crippen LogP contribution in [-0.2, 0) is 56.6 Å². The van der Waals surface area contributed by atoms with E-state index in [9.17, 15) is 29.4 Å². The first kappa shape index (κ1) is 29.0. The van der Waals surface area contributed by atoms with Gasteiger partial charge in [-0.1, -0.05) is 12.1 Å². The molecule has 0 aromatic heterocycles. The van der Waals surface area contributed by atoms with E-state index in [2.05, 4.69) is 4.90 Å². The Labute approximate surface area is 237 Å². The zero-order valence-corrected chi connectivity index (χ0v) is 23.7. The van der Waals surface area contributed by atoms with Crippen LogP contribution in [0.1, 0.15) is 57.2 Å². The molecule has 12 heteroatoms. The molecule has 2 bridgehead atoms. The summed E-state index contributed by atoms with van der Waals surface area (Å²) in [6.45, 7) is 5.56. The Kier molecular flexibility index (Phi) is 7.37. The topological polar surface area (TPSA) is 158 Å². The molecule has 2 unspecified atom stereocenters. The van der Waals surface area contributed by atoms with Gasteiger partial charge < -0.3 is 38.8 Å². The minimum absolute atomic E-state index is 0.0619. The van der Waals surface area contributed by atoms with E-state index in [1.807, 2.05) is 13.1 Å². The molecule has 4 aliphatic rings. The number of hydrogen-bond acceptors (Lipinski definition) is 12. The fourth-order valence-electron chi connectivity index (χ4n) is 6.93. The Hall–Kier alpha value is -3.48. The number of nitrogens with zero attached hydrogens (tertiary/aromatic N) is 1. The summed E-state index contributed by atoms with van der Waals surface area (Å²) in [7, 11) is 1.96. The largest absolute Gasteiger partial charge is 0.481 e. The Morgan fingerprint density at radius 3 is 2.34 bits per heavy atom. The number of benzene rings is 1. The summed E-state index contributed by atoms with van der Waals surface area (Å²) in [6, 6.07) is 3.49. The second-order valence-electron chi connectivity index (χ2n) is 11.4. The van der Waals surface area contributed by atoms with Crippen molar-refractivity contribution in [2.45, 2.75) is 95.0 Å². The molecule has 1 aromatic carbocycles. The Morgan fingerprint density at radius 2 is 1.73 bits per heavy atom. The van der Waals surface area contributed by atoms with Crippen LogP contribution in [0.5, 0.6) is 5.75 Å². The van der Waals surface area contributed by atoms with Crippen molar-refractivity contribution < 1.29 is 53.1 Å². The molecule has 222 valence electrons. The van der Waals surface area contributed by atoms with Gasteiger partial charge in [0.05, 0.1) is 23.7 Å². The highest BCUT2D eigenvalue weighted by Gasteiger charge is 2.72. The first-order chi connectivity index (χ1) is 19.3. The van der Waals surface area contributed by atoms with Crippen LogP contribution in [0.3, 0.4) is 0 Å². The number of esters is 4. The molecule has 1 fully saturated rings. The maximum atomic E-state index is 13.6. The molecular weight excluding hydrogens is 538 g/mol. The van der Waals surface area contributed by atoms with Gasteiger partial charge in [-0.2, -0.15) is 0 Å². The van der Waals surface area contributed by atoms with Crippen LogP contribution in [0.2, 0.25) is 0 Å². The van der Waals surface area contributed by atoms with Crippen molar-refractivity contribution in [2.24, 2.45) is 0 Å². The molecule has 2 aliphatic heterocycles. The van der Waals surface area contributed by atoms with E-state index < -0.39 is 59.3 Å². The SMILES string of the molecule is CC(=O)O[C@@H](C(=O)OC1=CC[C@@]2(O)[C@H]3Cc4ccc(CO)c5c4C2(CCN3C)C1O5)[C@@H](OC(C)=O)C(=O)OC(C)C. The van der Waals surface area contributed by atoms with E-state index in [0.29, 0.717) is 30.7 Å².